The van der Waals surface area contributed by atoms with Gasteiger partial charge in [-0.1, -0.05) is 12.1 Å². The number of carbonyl (C=O) groups is 1. The molecule has 1 aromatic heterocycles. The molecule has 0 spiro atoms. The number of aromatic nitrogens is 3. The van der Waals surface area contributed by atoms with Crippen molar-refractivity contribution >= 4 is 21.9 Å². The van der Waals surface area contributed by atoms with Gasteiger partial charge in [-0.05, 0) is 17.7 Å². The van der Waals surface area contributed by atoms with Gasteiger partial charge in [0.05, 0.1) is 23.7 Å². The lowest BCUT2D eigenvalue weighted by atomic mass is 10.2. The average molecular weight is 294 g/mol. The minimum absolute atomic E-state index is 0.0147. The maximum absolute atomic E-state index is 12.0. The maximum Gasteiger partial charge on any atom is 0.307 e. The molecule has 8 nitrogen and oxygen atoms in total. The highest BCUT2D eigenvalue weighted by Gasteiger charge is 2.15. The molecule has 104 valence electrons. The predicted octanol–water partition coefficient (Wildman–Crippen LogP) is 0.299. The molecule has 0 amide bonds. The number of rotatable bonds is 5. The van der Waals surface area contributed by atoms with E-state index in [1.54, 1.807) is 0 Å². The summed E-state index contributed by atoms with van der Waals surface area (Å²) < 4.78 is 26.2. The molecule has 2 N–H and O–H groups in total. The summed E-state index contributed by atoms with van der Waals surface area (Å²) in [6.07, 6.45) is 2.46. The number of sulfonamides is 1. The Morgan fingerprint density at radius 1 is 1.20 bits per heavy atom. The van der Waals surface area contributed by atoms with Crippen LogP contribution >= 0.6 is 0 Å². The Morgan fingerprint density at radius 3 is 2.45 bits per heavy atom. The highest BCUT2D eigenvalue weighted by molar-refractivity contribution is 7.92. The van der Waals surface area contributed by atoms with E-state index in [9.17, 15) is 13.2 Å². The van der Waals surface area contributed by atoms with Crippen LogP contribution in [-0.2, 0) is 21.2 Å². The van der Waals surface area contributed by atoms with E-state index in [0.717, 1.165) is 0 Å². The van der Waals surface area contributed by atoms with Crippen molar-refractivity contribution in [1.29, 1.82) is 0 Å². The van der Waals surface area contributed by atoms with Crippen molar-refractivity contribution < 1.29 is 18.3 Å². The summed E-state index contributed by atoms with van der Waals surface area (Å²) in [5, 5.41) is 15.7. The average Bonchev–Trinajstić information content (AvgIpc) is 2.39. The Kier molecular flexibility index (Phi) is 3.89. The molecule has 2 aromatic rings. The standard InChI is InChI=1S/C11H10N4O4S/c16-10(17)7-8-1-3-9(4-2-8)20(18,19)15-11-12-5-6-13-14-11/h1-6H,7H2,(H,16,17)(H,12,14,15). The molecule has 0 fully saturated rings. The van der Waals surface area contributed by atoms with E-state index >= 15 is 0 Å². The van der Waals surface area contributed by atoms with Gasteiger partial charge in [0.25, 0.3) is 16.0 Å². The van der Waals surface area contributed by atoms with Crippen LogP contribution in [0.3, 0.4) is 0 Å². The summed E-state index contributed by atoms with van der Waals surface area (Å²) >= 11 is 0. The number of hydrogen-bond donors (Lipinski definition) is 2. The van der Waals surface area contributed by atoms with Gasteiger partial charge in [-0.25, -0.2) is 18.1 Å². The first kappa shape index (κ1) is 13.9. The highest BCUT2D eigenvalue weighted by Crippen LogP contribution is 2.13. The number of nitrogens with one attached hydrogen (secondary N) is 1. The molecule has 0 bridgehead atoms. The first-order chi connectivity index (χ1) is 9.47. The fourth-order valence-electron chi connectivity index (χ4n) is 1.43. The van der Waals surface area contributed by atoms with E-state index < -0.39 is 16.0 Å². The number of nitrogens with zero attached hydrogens (tertiary/aromatic N) is 3. The summed E-state index contributed by atoms with van der Waals surface area (Å²) in [7, 11) is -3.82. The first-order valence-electron chi connectivity index (χ1n) is 5.44. The lowest BCUT2D eigenvalue weighted by Gasteiger charge is -2.06. The van der Waals surface area contributed by atoms with Gasteiger partial charge in [0.1, 0.15) is 0 Å². The van der Waals surface area contributed by atoms with Crippen LogP contribution in [0.1, 0.15) is 5.56 Å². The number of anilines is 1. The maximum atomic E-state index is 12.0. The lowest BCUT2D eigenvalue weighted by Crippen LogP contribution is -2.15. The van der Waals surface area contributed by atoms with Gasteiger partial charge in [-0.2, -0.15) is 5.10 Å². The molecule has 0 saturated heterocycles. The molecule has 0 radical (unpaired) electrons. The summed E-state index contributed by atoms with van der Waals surface area (Å²) in [6.45, 7) is 0. The van der Waals surface area contributed by atoms with Gasteiger partial charge in [0.15, 0.2) is 0 Å². The van der Waals surface area contributed by atoms with Crippen LogP contribution in [0.25, 0.3) is 0 Å². The number of aliphatic carboxylic acids is 1. The van der Waals surface area contributed by atoms with Gasteiger partial charge < -0.3 is 5.11 Å². The van der Waals surface area contributed by atoms with Crippen molar-refractivity contribution in [2.24, 2.45) is 0 Å². The normalized spacial score (nSPS) is 11.0. The van der Waals surface area contributed by atoms with Crippen molar-refractivity contribution in [2.45, 2.75) is 11.3 Å². The summed E-state index contributed by atoms with van der Waals surface area (Å²) in [5.41, 5.74) is 0.508. The monoisotopic (exact) mass is 294 g/mol. The Morgan fingerprint density at radius 2 is 1.90 bits per heavy atom. The van der Waals surface area contributed by atoms with E-state index in [-0.39, 0.29) is 17.3 Å². The zero-order valence-electron chi connectivity index (χ0n) is 10.1. The van der Waals surface area contributed by atoms with E-state index in [4.69, 9.17) is 5.11 Å². The second kappa shape index (κ2) is 5.61. The van der Waals surface area contributed by atoms with Gasteiger partial charge in [0, 0.05) is 0 Å². The van der Waals surface area contributed by atoms with E-state index in [2.05, 4.69) is 19.9 Å². The van der Waals surface area contributed by atoms with Crippen molar-refractivity contribution in [3.8, 4) is 0 Å². The molecule has 0 saturated carbocycles. The molecule has 1 aromatic carbocycles. The van der Waals surface area contributed by atoms with Crippen LogP contribution in [0.15, 0.2) is 41.6 Å². The summed E-state index contributed by atoms with van der Waals surface area (Å²) in [4.78, 5) is 14.2. The second-order valence-electron chi connectivity index (χ2n) is 3.79. The fourth-order valence-corrected chi connectivity index (χ4v) is 2.38. The third-order valence-corrected chi connectivity index (χ3v) is 3.64. The molecule has 0 unspecified atom stereocenters. The Balaban J connectivity index is 2.19. The summed E-state index contributed by atoms with van der Waals surface area (Å²) in [5.74, 6) is -1.12. The second-order valence-corrected chi connectivity index (χ2v) is 5.47. The van der Waals surface area contributed by atoms with Crippen molar-refractivity contribution in [2.75, 3.05) is 4.72 Å². The quantitative estimate of drug-likeness (QED) is 0.813. The van der Waals surface area contributed by atoms with Crippen molar-refractivity contribution in [3.05, 3.63) is 42.2 Å². The van der Waals surface area contributed by atoms with E-state index in [0.29, 0.717) is 5.56 Å². The topological polar surface area (TPSA) is 122 Å². The number of benzene rings is 1. The molecule has 20 heavy (non-hydrogen) atoms. The van der Waals surface area contributed by atoms with Crippen LogP contribution in [0.5, 0.6) is 0 Å². The van der Waals surface area contributed by atoms with Crippen molar-refractivity contribution in [3.63, 3.8) is 0 Å². The van der Waals surface area contributed by atoms with Crippen LogP contribution in [0, 0.1) is 0 Å². The molecular formula is C11H10N4O4S. The van der Waals surface area contributed by atoms with Crippen LogP contribution in [-0.4, -0.2) is 34.7 Å². The largest absolute Gasteiger partial charge is 0.481 e. The third kappa shape index (κ3) is 3.48. The van der Waals surface area contributed by atoms with Gasteiger partial charge in [-0.15, -0.1) is 5.10 Å². The molecule has 2 rings (SSSR count). The SMILES string of the molecule is O=C(O)Cc1ccc(S(=O)(=O)Nc2nccnn2)cc1. The van der Waals surface area contributed by atoms with E-state index in [1.807, 2.05) is 0 Å². The number of carboxylic acid groups (broad SMARTS) is 1. The van der Waals surface area contributed by atoms with Gasteiger partial charge >= 0.3 is 5.97 Å². The minimum Gasteiger partial charge on any atom is -0.481 e. The van der Waals surface area contributed by atoms with Crippen LogP contribution < -0.4 is 4.72 Å². The minimum atomic E-state index is -3.82. The molecule has 0 atom stereocenters. The third-order valence-electron chi connectivity index (χ3n) is 2.30. The number of carboxylic acids is 1. The molecule has 0 aliphatic carbocycles. The highest BCUT2D eigenvalue weighted by atomic mass is 32.2. The molecule has 1 heterocycles. The molecule has 0 aliphatic rings. The smallest absolute Gasteiger partial charge is 0.307 e. The Hall–Kier alpha value is -2.55. The Bertz CT molecular complexity index is 701. The lowest BCUT2D eigenvalue weighted by molar-refractivity contribution is -0.136. The van der Waals surface area contributed by atoms with Gasteiger partial charge in [-0.3, -0.25) is 4.79 Å². The molecular weight excluding hydrogens is 284 g/mol. The van der Waals surface area contributed by atoms with E-state index in [1.165, 1.54) is 36.7 Å². The fraction of sp³-hybridized carbons (Fsp3) is 0.0909. The van der Waals surface area contributed by atoms with Crippen molar-refractivity contribution in [1.82, 2.24) is 15.2 Å². The predicted molar refractivity (Wildman–Crippen MR) is 68.4 cm³/mol. The van der Waals surface area contributed by atoms with Crippen LogP contribution in [0.4, 0.5) is 5.95 Å². The zero-order chi connectivity index (χ0) is 14.6. The first-order valence-corrected chi connectivity index (χ1v) is 6.93. The zero-order valence-corrected chi connectivity index (χ0v) is 10.9. The van der Waals surface area contributed by atoms with Crippen LogP contribution in [0.2, 0.25) is 0 Å². The van der Waals surface area contributed by atoms with Gasteiger partial charge in [0.2, 0.25) is 0 Å². The number of hydrogen-bond acceptors (Lipinski definition) is 6. The summed E-state index contributed by atoms with van der Waals surface area (Å²) in [6, 6.07) is 5.51. The molecule has 9 heteroatoms. The molecule has 0 aliphatic heterocycles. The Labute approximate surface area is 114 Å².